The maximum absolute atomic E-state index is 8.59. The number of aliphatic hydroxyl groups excluding tert-OH is 1. The summed E-state index contributed by atoms with van der Waals surface area (Å²) in [6.45, 7) is 2.55. The zero-order valence-electron chi connectivity index (χ0n) is 11.1. The Kier molecular flexibility index (Phi) is 6.87. The van der Waals surface area contributed by atoms with Gasteiger partial charge in [-0.15, -0.1) is 0 Å². The summed E-state index contributed by atoms with van der Waals surface area (Å²) < 4.78 is 5.11. The van der Waals surface area contributed by atoms with Crippen molar-refractivity contribution in [2.75, 3.05) is 20.3 Å². The van der Waals surface area contributed by atoms with Crippen molar-refractivity contribution in [2.24, 2.45) is 5.16 Å². The fourth-order valence-electron chi connectivity index (χ4n) is 1.45. The minimum Gasteiger partial charge on any atom is -0.497 e. The molecule has 4 nitrogen and oxygen atoms in total. The second-order valence-electron chi connectivity index (χ2n) is 4.09. The molecule has 0 fully saturated rings. The molecule has 0 aromatic heterocycles. The summed E-state index contributed by atoms with van der Waals surface area (Å²) in [4.78, 5) is 5.07. The first-order valence-electron chi connectivity index (χ1n) is 6.15. The summed E-state index contributed by atoms with van der Waals surface area (Å²) in [6.07, 6.45) is 2.42. The highest BCUT2D eigenvalue weighted by Crippen LogP contribution is 2.12. The van der Waals surface area contributed by atoms with Gasteiger partial charge in [-0.05, 0) is 37.5 Å². The number of rotatable bonds is 8. The number of oxime groups is 1. The van der Waals surface area contributed by atoms with Crippen molar-refractivity contribution in [3.8, 4) is 5.75 Å². The third-order valence-corrected chi connectivity index (χ3v) is 2.55. The summed E-state index contributed by atoms with van der Waals surface area (Å²) in [5, 5.41) is 12.6. The van der Waals surface area contributed by atoms with E-state index >= 15 is 0 Å². The van der Waals surface area contributed by atoms with Gasteiger partial charge in [-0.25, -0.2) is 0 Å². The lowest BCUT2D eigenvalue weighted by Gasteiger charge is -2.04. The van der Waals surface area contributed by atoms with Gasteiger partial charge in [-0.2, -0.15) is 0 Å². The predicted octanol–water partition coefficient (Wildman–Crippen LogP) is 2.40. The highest BCUT2D eigenvalue weighted by molar-refractivity contribution is 5.81. The molecule has 0 aliphatic carbocycles. The SMILES string of the molecule is COc1ccc(CC/C(C)=N/OCCCO)cc1. The second-order valence-corrected chi connectivity index (χ2v) is 4.09. The van der Waals surface area contributed by atoms with E-state index in [0.29, 0.717) is 13.0 Å². The number of methoxy groups -OCH3 is 1. The van der Waals surface area contributed by atoms with Crippen LogP contribution in [0.5, 0.6) is 5.75 Å². The Morgan fingerprint density at radius 1 is 1.28 bits per heavy atom. The zero-order chi connectivity index (χ0) is 13.2. The summed E-state index contributed by atoms with van der Waals surface area (Å²) >= 11 is 0. The molecule has 0 saturated heterocycles. The number of hydrogen-bond donors (Lipinski definition) is 1. The molecule has 0 radical (unpaired) electrons. The molecule has 0 heterocycles. The van der Waals surface area contributed by atoms with Crippen LogP contribution >= 0.6 is 0 Å². The summed E-state index contributed by atoms with van der Waals surface area (Å²) in [5.41, 5.74) is 2.21. The molecule has 0 spiro atoms. The van der Waals surface area contributed by atoms with Crippen LogP contribution < -0.4 is 4.74 Å². The molecular formula is C14H21NO3. The molecule has 1 N–H and O–H groups in total. The van der Waals surface area contributed by atoms with E-state index in [2.05, 4.69) is 17.3 Å². The Bertz CT molecular complexity index is 360. The van der Waals surface area contributed by atoms with Crippen molar-refractivity contribution < 1.29 is 14.7 Å². The van der Waals surface area contributed by atoms with Crippen LogP contribution in [0.15, 0.2) is 29.4 Å². The number of nitrogens with zero attached hydrogens (tertiary/aromatic N) is 1. The van der Waals surface area contributed by atoms with Gasteiger partial charge in [0.15, 0.2) is 0 Å². The van der Waals surface area contributed by atoms with Gasteiger partial charge in [0.25, 0.3) is 0 Å². The minimum atomic E-state index is 0.139. The van der Waals surface area contributed by atoms with Crippen LogP contribution in [0.4, 0.5) is 0 Å². The summed E-state index contributed by atoms with van der Waals surface area (Å²) in [6, 6.07) is 8.02. The Labute approximate surface area is 108 Å². The normalized spacial score (nSPS) is 11.4. The number of ether oxygens (including phenoxy) is 1. The average Bonchev–Trinajstić information content (AvgIpc) is 2.42. The molecule has 1 aromatic carbocycles. The van der Waals surface area contributed by atoms with Crippen LogP contribution in [0.1, 0.15) is 25.3 Å². The molecule has 1 aromatic rings. The van der Waals surface area contributed by atoms with Crippen LogP contribution in [-0.4, -0.2) is 31.1 Å². The smallest absolute Gasteiger partial charge is 0.119 e. The van der Waals surface area contributed by atoms with Crippen LogP contribution in [0.2, 0.25) is 0 Å². The van der Waals surface area contributed by atoms with Crippen LogP contribution in [0, 0.1) is 0 Å². The lowest BCUT2D eigenvalue weighted by atomic mass is 10.1. The van der Waals surface area contributed by atoms with Crippen molar-refractivity contribution in [1.82, 2.24) is 0 Å². The van der Waals surface area contributed by atoms with E-state index in [1.807, 2.05) is 19.1 Å². The number of benzene rings is 1. The van der Waals surface area contributed by atoms with E-state index in [0.717, 1.165) is 24.3 Å². The van der Waals surface area contributed by atoms with Crippen molar-refractivity contribution in [3.63, 3.8) is 0 Å². The standard InChI is InChI=1S/C14H21NO3/c1-12(15-18-11-3-10-16)4-5-13-6-8-14(17-2)9-7-13/h6-9,16H,3-5,10-11H2,1-2H3/b15-12+. The molecule has 4 heteroatoms. The van der Waals surface area contributed by atoms with Gasteiger partial charge in [-0.3, -0.25) is 0 Å². The molecule has 0 unspecified atom stereocenters. The van der Waals surface area contributed by atoms with E-state index in [1.54, 1.807) is 7.11 Å². The number of aryl methyl sites for hydroxylation is 1. The van der Waals surface area contributed by atoms with E-state index in [4.69, 9.17) is 14.7 Å². The van der Waals surface area contributed by atoms with E-state index < -0.39 is 0 Å². The van der Waals surface area contributed by atoms with Crippen molar-refractivity contribution in [2.45, 2.75) is 26.2 Å². The first kappa shape index (κ1) is 14.5. The Morgan fingerprint density at radius 2 is 2.00 bits per heavy atom. The largest absolute Gasteiger partial charge is 0.497 e. The monoisotopic (exact) mass is 251 g/mol. The van der Waals surface area contributed by atoms with E-state index in [9.17, 15) is 0 Å². The highest BCUT2D eigenvalue weighted by Gasteiger charge is 1.97. The Balaban J connectivity index is 2.30. The van der Waals surface area contributed by atoms with Crippen molar-refractivity contribution in [3.05, 3.63) is 29.8 Å². The van der Waals surface area contributed by atoms with Crippen LogP contribution in [0.3, 0.4) is 0 Å². The maximum Gasteiger partial charge on any atom is 0.119 e. The van der Waals surface area contributed by atoms with Crippen LogP contribution in [-0.2, 0) is 11.3 Å². The van der Waals surface area contributed by atoms with Gasteiger partial charge in [-0.1, -0.05) is 17.3 Å². The Hall–Kier alpha value is -1.55. The molecule has 18 heavy (non-hydrogen) atoms. The quantitative estimate of drug-likeness (QED) is 0.438. The Morgan fingerprint density at radius 3 is 2.61 bits per heavy atom. The number of hydrogen-bond acceptors (Lipinski definition) is 4. The molecule has 0 amide bonds. The fourth-order valence-corrected chi connectivity index (χ4v) is 1.45. The predicted molar refractivity (Wildman–Crippen MR) is 72.1 cm³/mol. The molecule has 0 saturated carbocycles. The second kappa shape index (κ2) is 8.53. The van der Waals surface area contributed by atoms with Gasteiger partial charge in [0.2, 0.25) is 0 Å². The van der Waals surface area contributed by atoms with E-state index in [1.165, 1.54) is 5.56 Å². The first-order valence-corrected chi connectivity index (χ1v) is 6.15. The summed E-state index contributed by atoms with van der Waals surface area (Å²) in [5.74, 6) is 0.872. The lowest BCUT2D eigenvalue weighted by molar-refractivity contribution is 0.123. The molecule has 0 bridgehead atoms. The third kappa shape index (κ3) is 5.68. The van der Waals surface area contributed by atoms with Gasteiger partial charge in [0.1, 0.15) is 12.4 Å². The van der Waals surface area contributed by atoms with Crippen molar-refractivity contribution in [1.29, 1.82) is 0 Å². The highest BCUT2D eigenvalue weighted by atomic mass is 16.6. The van der Waals surface area contributed by atoms with E-state index in [-0.39, 0.29) is 6.61 Å². The fraction of sp³-hybridized carbons (Fsp3) is 0.500. The summed E-state index contributed by atoms with van der Waals surface area (Å²) in [7, 11) is 1.66. The first-order chi connectivity index (χ1) is 8.76. The van der Waals surface area contributed by atoms with Gasteiger partial charge < -0.3 is 14.7 Å². The zero-order valence-corrected chi connectivity index (χ0v) is 11.1. The van der Waals surface area contributed by atoms with Gasteiger partial charge >= 0.3 is 0 Å². The molecule has 1 rings (SSSR count). The average molecular weight is 251 g/mol. The van der Waals surface area contributed by atoms with Gasteiger partial charge in [0, 0.05) is 13.0 Å². The third-order valence-electron chi connectivity index (χ3n) is 2.55. The number of aliphatic hydroxyl groups is 1. The molecular weight excluding hydrogens is 230 g/mol. The van der Waals surface area contributed by atoms with Crippen molar-refractivity contribution >= 4 is 5.71 Å². The molecule has 0 aliphatic rings. The minimum absolute atomic E-state index is 0.139. The maximum atomic E-state index is 8.59. The topological polar surface area (TPSA) is 51.0 Å². The van der Waals surface area contributed by atoms with Gasteiger partial charge in [0.05, 0.1) is 12.8 Å². The lowest BCUT2D eigenvalue weighted by Crippen LogP contribution is -1.99. The molecule has 100 valence electrons. The molecule has 0 atom stereocenters. The molecule has 0 aliphatic heterocycles. The van der Waals surface area contributed by atoms with Crippen LogP contribution in [0.25, 0.3) is 0 Å².